The number of aryl methyl sites for hydroxylation is 2. The van der Waals surface area contributed by atoms with Gasteiger partial charge in [-0.25, -0.2) is 0 Å². The zero-order chi connectivity index (χ0) is 61.7. The molecule has 2 atom stereocenters. The van der Waals surface area contributed by atoms with E-state index in [9.17, 15) is 0 Å². The molecule has 0 saturated heterocycles. The van der Waals surface area contributed by atoms with Gasteiger partial charge in [0.15, 0.2) is 0 Å². The number of thiophene rings is 4. The lowest BCUT2D eigenvalue weighted by molar-refractivity contribution is -0.124. The van der Waals surface area contributed by atoms with Gasteiger partial charge in [0, 0.05) is 32.6 Å². The standard InChI is InChI=1S/C78H123BrN2O2S4/c1-7-13-19-25-29-31-33-35-39-45-51-64-57-70(84-61-64)66-53-55-68(85-66)74-72-73(78(83)80(74)59-62(47-41-23-17-11-5)49-43-37-27-21-15-9-3)75(81(77(72)82)60-63(48-42-24-18-12-6)50-44-38-28-22-16-10-4)69-56-54-67(86-69)71-58-65(76(79)87-71)52-46-40-36-34-32-30-26-20-14-8-2/h53-58,61-63H,7-52,59-60H2,1-6H3. The molecule has 0 aromatic carbocycles. The Balaban J connectivity index is 1.35. The molecule has 2 aliphatic rings. The van der Waals surface area contributed by atoms with Crippen LogP contribution >= 0.6 is 61.3 Å². The smallest absolute Gasteiger partial charge is 0.261 e. The summed E-state index contributed by atoms with van der Waals surface area (Å²) >= 11 is 11.4. The van der Waals surface area contributed by atoms with Crippen molar-refractivity contribution in [2.45, 2.75) is 337 Å². The number of rotatable bonds is 54. The second-order valence-corrected chi connectivity index (χ2v) is 32.2. The molecule has 0 radical (unpaired) electrons. The largest absolute Gasteiger partial charge is 0.306 e. The Kier molecular flexibility index (Phi) is 37.5. The van der Waals surface area contributed by atoms with Crippen molar-refractivity contribution in [3.63, 3.8) is 0 Å². The average Bonchev–Trinajstić information content (AvgIpc) is 1.57. The topological polar surface area (TPSA) is 40.6 Å². The molecule has 0 aliphatic carbocycles. The minimum atomic E-state index is 0.0558. The van der Waals surface area contributed by atoms with Crippen molar-refractivity contribution in [3.8, 4) is 19.5 Å². The summed E-state index contributed by atoms with van der Waals surface area (Å²) < 4.78 is 1.24. The summed E-state index contributed by atoms with van der Waals surface area (Å²) in [5.41, 5.74) is 6.00. The maximum Gasteiger partial charge on any atom is 0.261 e. The molecule has 2 amide bonds. The molecular formula is C78H123BrN2O2S4. The Bertz CT molecular complexity index is 2560. The first-order valence-electron chi connectivity index (χ1n) is 37.0. The summed E-state index contributed by atoms with van der Waals surface area (Å²) in [7, 11) is 0. The lowest BCUT2D eigenvalue weighted by atomic mass is 9.93. The van der Waals surface area contributed by atoms with Crippen molar-refractivity contribution in [3.05, 3.63) is 77.6 Å². The molecule has 4 nitrogen and oxygen atoms in total. The molecule has 4 aromatic rings. The van der Waals surface area contributed by atoms with Gasteiger partial charge in [-0.1, -0.05) is 286 Å². The van der Waals surface area contributed by atoms with E-state index in [1.165, 1.54) is 291 Å². The summed E-state index contributed by atoms with van der Waals surface area (Å²) in [6, 6.07) is 14.0. The normalized spacial score (nSPS) is 14.3. The van der Waals surface area contributed by atoms with E-state index in [0.717, 1.165) is 59.7 Å². The highest BCUT2D eigenvalue weighted by molar-refractivity contribution is 9.11. The molecule has 0 spiro atoms. The van der Waals surface area contributed by atoms with Crippen LogP contribution in [0.3, 0.4) is 0 Å². The Morgan fingerprint density at radius 1 is 0.356 bits per heavy atom. The first-order chi connectivity index (χ1) is 42.8. The molecule has 0 bridgehead atoms. The highest BCUT2D eigenvalue weighted by Gasteiger charge is 2.50. The first-order valence-corrected chi connectivity index (χ1v) is 41.1. The molecule has 9 heteroatoms. The van der Waals surface area contributed by atoms with Gasteiger partial charge in [0.25, 0.3) is 11.8 Å². The Labute approximate surface area is 558 Å². The molecule has 488 valence electrons. The van der Waals surface area contributed by atoms with E-state index in [1.807, 2.05) is 34.0 Å². The van der Waals surface area contributed by atoms with Crippen molar-refractivity contribution in [1.82, 2.24) is 9.80 Å². The number of nitrogens with zero attached hydrogens (tertiary/aromatic N) is 2. The van der Waals surface area contributed by atoms with E-state index in [2.05, 4.69) is 109 Å². The van der Waals surface area contributed by atoms with Gasteiger partial charge in [-0.3, -0.25) is 9.59 Å². The Morgan fingerprint density at radius 3 is 1.07 bits per heavy atom. The number of hydrogen-bond acceptors (Lipinski definition) is 6. The van der Waals surface area contributed by atoms with E-state index < -0.39 is 0 Å². The van der Waals surface area contributed by atoms with Gasteiger partial charge in [0.1, 0.15) is 0 Å². The van der Waals surface area contributed by atoms with E-state index >= 15 is 9.59 Å². The summed E-state index contributed by atoms with van der Waals surface area (Å²) in [5.74, 6) is 0.881. The summed E-state index contributed by atoms with van der Waals surface area (Å²) in [4.78, 5) is 43.8. The number of unbranched alkanes of at least 4 members (excludes halogenated alkanes) is 34. The van der Waals surface area contributed by atoms with Crippen LogP contribution < -0.4 is 0 Å². The van der Waals surface area contributed by atoms with E-state index in [4.69, 9.17) is 0 Å². The zero-order valence-electron chi connectivity index (χ0n) is 56.4. The summed E-state index contributed by atoms with van der Waals surface area (Å²) in [6.45, 7) is 15.2. The number of fused-ring (bicyclic) bond motifs is 1. The van der Waals surface area contributed by atoms with Crippen molar-refractivity contribution in [2.24, 2.45) is 11.8 Å². The third-order valence-electron chi connectivity index (χ3n) is 19.1. The molecule has 0 N–H and O–H groups in total. The van der Waals surface area contributed by atoms with Crippen LogP contribution in [0.1, 0.15) is 345 Å². The van der Waals surface area contributed by atoms with Crippen molar-refractivity contribution in [1.29, 1.82) is 0 Å². The molecule has 4 aromatic heterocycles. The number of carbonyl (C=O) groups is 2. The van der Waals surface area contributed by atoms with Crippen LogP contribution in [0, 0.1) is 11.8 Å². The monoisotopic (exact) mass is 1330 g/mol. The SMILES string of the molecule is CCCCCCCCCCCCc1csc(-c2ccc(C3=C4C(=O)N(CC(CCCCCC)CCCCCCCC)C(c5ccc(-c6cc(CCCCCCCCCCCC)c(Br)s6)s5)=C4C(=O)N3CC(CCCCCC)CCCCCCCC)s2)c1. The predicted octanol–water partition coefficient (Wildman–Crippen LogP) is 27.4. The van der Waals surface area contributed by atoms with Crippen molar-refractivity contribution >= 4 is 84.5 Å². The number of amides is 2. The number of carbonyl (C=O) groups excluding carboxylic acids is 2. The van der Waals surface area contributed by atoms with Gasteiger partial charge in [-0.05, 0) is 132 Å². The lowest BCUT2D eigenvalue weighted by Crippen LogP contribution is -2.34. The van der Waals surface area contributed by atoms with Gasteiger partial charge in [-0.15, -0.1) is 45.3 Å². The van der Waals surface area contributed by atoms with Crippen LogP contribution in [0.2, 0.25) is 0 Å². The van der Waals surface area contributed by atoms with Gasteiger partial charge < -0.3 is 9.80 Å². The van der Waals surface area contributed by atoms with Crippen molar-refractivity contribution in [2.75, 3.05) is 13.1 Å². The van der Waals surface area contributed by atoms with Crippen LogP contribution in [-0.4, -0.2) is 34.7 Å². The quantitative estimate of drug-likeness (QED) is 0.0413. The van der Waals surface area contributed by atoms with E-state index in [1.54, 1.807) is 11.3 Å². The van der Waals surface area contributed by atoms with Gasteiger partial charge >= 0.3 is 0 Å². The Morgan fingerprint density at radius 2 is 0.678 bits per heavy atom. The fourth-order valence-corrected chi connectivity index (χ4v) is 18.8. The molecule has 87 heavy (non-hydrogen) atoms. The summed E-state index contributed by atoms with van der Waals surface area (Å²) in [6.07, 6.45) is 58.9. The molecule has 6 heterocycles. The van der Waals surface area contributed by atoms with Crippen LogP contribution in [0.4, 0.5) is 0 Å². The highest BCUT2D eigenvalue weighted by Crippen LogP contribution is 2.52. The second-order valence-electron chi connectivity index (χ2n) is 26.7. The maximum atomic E-state index is 16.2. The van der Waals surface area contributed by atoms with Crippen LogP contribution in [-0.2, 0) is 22.4 Å². The van der Waals surface area contributed by atoms with Crippen LogP contribution in [0.15, 0.2) is 56.7 Å². The molecule has 2 aliphatic heterocycles. The molecule has 6 rings (SSSR count). The Hall–Kier alpha value is -2.30. The fourth-order valence-electron chi connectivity index (χ4n) is 13.7. The zero-order valence-corrected chi connectivity index (χ0v) is 61.2. The van der Waals surface area contributed by atoms with E-state index in [0.29, 0.717) is 36.1 Å². The minimum Gasteiger partial charge on any atom is -0.306 e. The van der Waals surface area contributed by atoms with Crippen molar-refractivity contribution < 1.29 is 9.59 Å². The lowest BCUT2D eigenvalue weighted by Gasteiger charge is -2.29. The second kappa shape index (κ2) is 44.3. The molecule has 0 fully saturated rings. The van der Waals surface area contributed by atoms with Crippen LogP contribution in [0.5, 0.6) is 0 Å². The maximum absolute atomic E-state index is 16.2. The van der Waals surface area contributed by atoms with Gasteiger partial charge in [-0.2, -0.15) is 0 Å². The third-order valence-corrected chi connectivity index (χ3v) is 24.6. The highest BCUT2D eigenvalue weighted by atomic mass is 79.9. The first kappa shape index (κ1) is 73.7. The molecule has 0 saturated carbocycles. The molecular weight excluding hydrogens is 1210 g/mol. The summed E-state index contributed by atoms with van der Waals surface area (Å²) in [5, 5.41) is 2.39. The van der Waals surface area contributed by atoms with Gasteiger partial charge in [0.2, 0.25) is 0 Å². The van der Waals surface area contributed by atoms with E-state index in [-0.39, 0.29) is 11.8 Å². The number of halogens is 1. The van der Waals surface area contributed by atoms with Gasteiger partial charge in [0.05, 0.1) is 36.1 Å². The molecule has 2 unspecified atom stereocenters. The number of hydrogen-bond donors (Lipinski definition) is 0. The fraction of sp³-hybridized carbons (Fsp3) is 0.718. The third kappa shape index (κ3) is 25.3. The average molecular weight is 1330 g/mol. The van der Waals surface area contributed by atoms with Crippen LogP contribution in [0.25, 0.3) is 30.9 Å². The minimum absolute atomic E-state index is 0.0558. The predicted molar refractivity (Wildman–Crippen MR) is 392 cm³/mol.